The van der Waals surface area contributed by atoms with Crippen molar-refractivity contribution in [2.75, 3.05) is 18.5 Å². The minimum absolute atomic E-state index is 0.148. The van der Waals surface area contributed by atoms with Crippen LogP contribution in [0.15, 0.2) is 71.8 Å². The summed E-state index contributed by atoms with van der Waals surface area (Å²) in [6.07, 6.45) is 5.42. The predicted octanol–water partition coefficient (Wildman–Crippen LogP) is 3.27. The van der Waals surface area contributed by atoms with Gasteiger partial charge in [0.25, 0.3) is 5.91 Å². The number of benzene rings is 2. The lowest BCUT2D eigenvalue weighted by Crippen LogP contribution is -2.23. The third kappa shape index (κ3) is 5.49. The quantitative estimate of drug-likeness (QED) is 0.403. The number of nitrogens with zero attached hydrogens (tertiary/aromatic N) is 3. The highest BCUT2D eigenvalue weighted by molar-refractivity contribution is 5.97. The predicted molar refractivity (Wildman–Crippen MR) is 126 cm³/mol. The van der Waals surface area contributed by atoms with Gasteiger partial charge in [0.1, 0.15) is 18.9 Å². The number of hydrogen-bond donors (Lipinski definition) is 2. The van der Waals surface area contributed by atoms with Crippen LogP contribution >= 0.6 is 0 Å². The number of hydrogen-bond acceptors (Lipinski definition) is 7. The molecule has 3 heterocycles. The molecule has 0 radical (unpaired) electrons. The number of ether oxygens (including phenoxy) is 2. The van der Waals surface area contributed by atoms with Crippen molar-refractivity contribution in [2.24, 2.45) is 0 Å². The Morgan fingerprint density at radius 3 is 2.77 bits per heavy atom. The van der Waals surface area contributed by atoms with Crippen LogP contribution in [0.1, 0.15) is 22.5 Å². The molecule has 0 unspecified atom stereocenters. The number of aryl methyl sites for hydroxylation is 1. The Balaban J connectivity index is 1.16. The van der Waals surface area contributed by atoms with E-state index in [0.29, 0.717) is 60.4 Å². The van der Waals surface area contributed by atoms with E-state index in [4.69, 9.17) is 14.0 Å². The first-order valence-corrected chi connectivity index (χ1v) is 11.1. The van der Waals surface area contributed by atoms with Crippen molar-refractivity contribution in [3.8, 4) is 22.8 Å². The molecule has 0 atom stereocenters. The van der Waals surface area contributed by atoms with Gasteiger partial charge < -0.3 is 29.2 Å². The number of anilines is 1. The molecule has 4 aromatic rings. The molecule has 1 aliphatic heterocycles. The molecule has 10 heteroatoms. The van der Waals surface area contributed by atoms with Crippen molar-refractivity contribution in [3.63, 3.8) is 0 Å². The van der Waals surface area contributed by atoms with E-state index < -0.39 is 0 Å². The molecule has 0 saturated heterocycles. The van der Waals surface area contributed by atoms with Gasteiger partial charge in [0, 0.05) is 48.2 Å². The Hall–Kier alpha value is -4.60. The molecule has 0 bridgehead atoms. The van der Waals surface area contributed by atoms with Crippen LogP contribution in [0, 0.1) is 0 Å². The Labute approximate surface area is 200 Å². The summed E-state index contributed by atoms with van der Waals surface area (Å²) in [7, 11) is 0. The molecule has 35 heavy (non-hydrogen) atoms. The third-order valence-corrected chi connectivity index (χ3v) is 5.38. The van der Waals surface area contributed by atoms with E-state index in [0.717, 1.165) is 5.56 Å². The lowest BCUT2D eigenvalue weighted by molar-refractivity contribution is -0.116. The summed E-state index contributed by atoms with van der Waals surface area (Å²) in [6.45, 7) is 1.74. The van der Waals surface area contributed by atoms with Crippen LogP contribution in [0.5, 0.6) is 11.5 Å². The average Bonchev–Trinajstić information content (AvgIpc) is 3.58. The second-order valence-electron chi connectivity index (χ2n) is 7.90. The van der Waals surface area contributed by atoms with Crippen molar-refractivity contribution in [1.29, 1.82) is 0 Å². The molecule has 2 amide bonds. The zero-order valence-electron chi connectivity index (χ0n) is 18.8. The Morgan fingerprint density at radius 2 is 1.91 bits per heavy atom. The largest absolute Gasteiger partial charge is 0.486 e. The zero-order chi connectivity index (χ0) is 24.0. The Kier molecular flexibility index (Phi) is 6.42. The topological polar surface area (TPSA) is 121 Å². The summed E-state index contributed by atoms with van der Waals surface area (Å²) >= 11 is 0. The summed E-state index contributed by atoms with van der Waals surface area (Å²) in [4.78, 5) is 28.8. The number of nitrogens with one attached hydrogen (secondary N) is 2. The fourth-order valence-corrected chi connectivity index (χ4v) is 3.61. The van der Waals surface area contributed by atoms with Gasteiger partial charge >= 0.3 is 0 Å². The van der Waals surface area contributed by atoms with Gasteiger partial charge in [0.05, 0.1) is 12.9 Å². The van der Waals surface area contributed by atoms with E-state index in [9.17, 15) is 9.59 Å². The second kappa shape index (κ2) is 10.1. The highest BCUT2D eigenvalue weighted by Gasteiger charge is 2.15. The highest BCUT2D eigenvalue weighted by atomic mass is 16.6. The molecule has 0 fully saturated rings. The van der Waals surface area contributed by atoms with E-state index in [2.05, 4.69) is 20.8 Å². The van der Waals surface area contributed by atoms with Crippen LogP contribution in [-0.4, -0.2) is 39.7 Å². The zero-order valence-corrected chi connectivity index (χ0v) is 18.8. The monoisotopic (exact) mass is 473 g/mol. The van der Waals surface area contributed by atoms with E-state index in [1.54, 1.807) is 49.1 Å². The minimum Gasteiger partial charge on any atom is -0.486 e. The third-order valence-electron chi connectivity index (χ3n) is 5.38. The summed E-state index contributed by atoms with van der Waals surface area (Å²) in [5.41, 5.74) is 2.35. The molecule has 5 rings (SSSR count). The fourth-order valence-electron chi connectivity index (χ4n) is 3.61. The molecule has 1 aliphatic rings. The van der Waals surface area contributed by atoms with Gasteiger partial charge in [-0.3, -0.25) is 9.59 Å². The van der Waals surface area contributed by atoms with Crippen molar-refractivity contribution in [3.05, 3.63) is 78.5 Å². The van der Waals surface area contributed by atoms with Crippen LogP contribution in [0.2, 0.25) is 0 Å². The molecule has 2 N–H and O–H groups in total. The van der Waals surface area contributed by atoms with E-state index in [1.807, 2.05) is 22.8 Å². The van der Waals surface area contributed by atoms with Gasteiger partial charge in [-0.05, 0) is 36.4 Å². The van der Waals surface area contributed by atoms with Crippen molar-refractivity contribution < 1.29 is 23.6 Å². The lowest BCUT2D eigenvalue weighted by Gasteiger charge is -2.18. The smallest absolute Gasteiger partial charge is 0.251 e. The number of fused-ring (bicyclic) bond motifs is 1. The maximum Gasteiger partial charge on any atom is 0.251 e. The molecule has 10 nitrogen and oxygen atoms in total. The van der Waals surface area contributed by atoms with Gasteiger partial charge in [-0.25, -0.2) is 4.98 Å². The summed E-state index contributed by atoms with van der Waals surface area (Å²) in [5.74, 6) is 1.48. The van der Waals surface area contributed by atoms with Crippen LogP contribution < -0.4 is 20.1 Å². The number of amides is 2. The van der Waals surface area contributed by atoms with Crippen LogP contribution in [-0.2, 0) is 17.9 Å². The van der Waals surface area contributed by atoms with Gasteiger partial charge in [-0.1, -0.05) is 11.2 Å². The summed E-state index contributed by atoms with van der Waals surface area (Å²) < 4.78 is 18.4. The molecule has 0 saturated carbocycles. The molecular weight excluding hydrogens is 450 g/mol. The summed E-state index contributed by atoms with van der Waals surface area (Å²) in [6, 6.07) is 14.1. The van der Waals surface area contributed by atoms with Crippen LogP contribution in [0.25, 0.3) is 11.3 Å². The maximum absolute atomic E-state index is 12.7. The van der Waals surface area contributed by atoms with Crippen LogP contribution in [0.3, 0.4) is 0 Å². The molecule has 0 aliphatic carbocycles. The van der Waals surface area contributed by atoms with E-state index >= 15 is 0 Å². The van der Waals surface area contributed by atoms with Crippen LogP contribution in [0.4, 0.5) is 5.69 Å². The fraction of sp³-hybridized carbons (Fsp3) is 0.200. The van der Waals surface area contributed by atoms with Crippen molar-refractivity contribution in [2.45, 2.75) is 19.5 Å². The molecule has 0 spiro atoms. The first-order chi connectivity index (χ1) is 17.1. The number of carbonyl (C=O) groups is 2. The number of imidazole rings is 1. The molecular formula is C25H23N5O5. The van der Waals surface area contributed by atoms with Gasteiger partial charge in [-0.2, -0.15) is 0 Å². The molecule has 178 valence electrons. The van der Waals surface area contributed by atoms with Gasteiger partial charge in [0.2, 0.25) is 5.91 Å². The summed E-state index contributed by atoms with van der Waals surface area (Å²) in [5, 5.41) is 9.69. The van der Waals surface area contributed by atoms with Crippen molar-refractivity contribution >= 4 is 17.5 Å². The first kappa shape index (κ1) is 22.2. The standard InChI is InChI=1S/C25H23N5O5/c31-24(6-8-30-9-7-26-16-30)28-19-3-1-2-18(12-19)25(32)27-15-20-14-22(35-29-20)17-4-5-21-23(13-17)34-11-10-33-21/h1-5,7,9,12-14,16H,6,8,10-11,15H2,(H,27,32)(H,28,31). The number of carbonyl (C=O) groups excluding carboxylic acids is 2. The van der Waals surface area contributed by atoms with E-state index in [1.165, 1.54) is 0 Å². The Morgan fingerprint density at radius 1 is 1.03 bits per heavy atom. The van der Waals surface area contributed by atoms with Gasteiger partial charge in [-0.15, -0.1) is 0 Å². The average molecular weight is 473 g/mol. The molecule has 2 aromatic carbocycles. The number of rotatable bonds is 8. The van der Waals surface area contributed by atoms with Crippen molar-refractivity contribution in [1.82, 2.24) is 20.0 Å². The normalized spacial score (nSPS) is 12.2. The first-order valence-electron chi connectivity index (χ1n) is 11.1. The SMILES string of the molecule is O=C(CCn1ccnc1)Nc1cccc(C(=O)NCc2cc(-c3ccc4c(c3)OCCO4)on2)c1. The minimum atomic E-state index is -0.289. The number of aromatic nitrogens is 3. The second-order valence-corrected chi connectivity index (χ2v) is 7.90. The molecule has 2 aromatic heterocycles. The Bertz CT molecular complexity index is 1330. The lowest BCUT2D eigenvalue weighted by atomic mass is 10.1. The maximum atomic E-state index is 12.7. The van der Waals surface area contributed by atoms with Gasteiger partial charge in [0.15, 0.2) is 17.3 Å². The highest BCUT2D eigenvalue weighted by Crippen LogP contribution is 2.34. The van der Waals surface area contributed by atoms with E-state index in [-0.39, 0.29) is 18.4 Å².